The Bertz CT molecular complexity index is 1860. The number of halogens is 2. The molecule has 0 fully saturated rings. The van der Waals surface area contributed by atoms with E-state index in [4.69, 9.17) is 23.2 Å². The van der Waals surface area contributed by atoms with Crippen LogP contribution in [0.5, 0.6) is 0 Å². The second-order valence-corrected chi connectivity index (χ2v) is 11.4. The quantitative estimate of drug-likeness (QED) is 0.203. The highest BCUT2D eigenvalue weighted by atomic mass is 35.5. The third-order valence-electron chi connectivity index (χ3n) is 5.18. The van der Waals surface area contributed by atoms with Crippen molar-refractivity contribution in [3.05, 3.63) is 52.5 Å². The summed E-state index contributed by atoms with van der Waals surface area (Å²) >= 11 is 11.5. The van der Waals surface area contributed by atoms with Crippen LogP contribution in [0.3, 0.4) is 0 Å². The molecule has 0 bridgehead atoms. The summed E-state index contributed by atoms with van der Waals surface area (Å²) in [5, 5.41) is 23.6. The number of carbonyl (C=O) groups is 2. The number of amides is 1. The summed E-state index contributed by atoms with van der Waals surface area (Å²) in [6.45, 7) is 1.38. The lowest BCUT2D eigenvalue weighted by Crippen LogP contribution is -2.33. The molecule has 1 aliphatic heterocycles. The molecule has 21 heteroatoms. The first kappa shape index (κ1) is 29.8. The second-order valence-electron chi connectivity index (χ2n) is 7.96. The minimum absolute atomic E-state index is 0.0293. The zero-order chi connectivity index (χ0) is 30.3. The number of nitrogens with one attached hydrogen (secondary N) is 1. The molecule has 0 saturated heterocycles. The second kappa shape index (κ2) is 11.0. The molecule has 0 radical (unpaired) electrons. The summed E-state index contributed by atoms with van der Waals surface area (Å²) < 4.78 is 65.5. The van der Waals surface area contributed by atoms with Gasteiger partial charge in [0.25, 0.3) is 26.1 Å². The number of carboxylic acids is 1. The molecule has 1 atom stereocenters. The number of hydrazone groups is 1. The maximum absolute atomic E-state index is 13.1. The summed E-state index contributed by atoms with van der Waals surface area (Å²) in [7, 11) is -9.44. The Hall–Kier alpha value is -4.14. The fourth-order valence-corrected chi connectivity index (χ4v) is 4.96. The zero-order valence-electron chi connectivity index (χ0n) is 20.0. The lowest BCUT2D eigenvalue weighted by molar-refractivity contribution is -0.130. The summed E-state index contributed by atoms with van der Waals surface area (Å²) in [4.78, 5) is 34.9. The van der Waals surface area contributed by atoms with Crippen LogP contribution in [0.15, 0.2) is 61.5 Å². The van der Waals surface area contributed by atoms with E-state index in [0.717, 1.165) is 30.3 Å². The van der Waals surface area contributed by atoms with Crippen molar-refractivity contribution in [1.29, 1.82) is 0 Å². The number of aliphatic carboxylic acids is 1. The van der Waals surface area contributed by atoms with Crippen molar-refractivity contribution in [3.63, 3.8) is 0 Å². The molecule has 0 spiro atoms. The summed E-state index contributed by atoms with van der Waals surface area (Å²) in [5.74, 6) is -2.84. The number of hydrogen-bond donors (Lipinski definition) is 4. The van der Waals surface area contributed by atoms with Gasteiger partial charge in [-0.15, -0.1) is 0 Å². The Morgan fingerprint density at radius 1 is 1.00 bits per heavy atom. The van der Waals surface area contributed by atoms with Gasteiger partial charge in [0.1, 0.15) is 10.6 Å². The molecule has 1 unspecified atom stereocenters. The molecule has 0 aliphatic carbocycles. The van der Waals surface area contributed by atoms with Crippen LogP contribution in [0.4, 0.5) is 23.0 Å². The molecule has 17 nitrogen and oxygen atoms in total. The smallest absolute Gasteiger partial charge is 0.355 e. The van der Waals surface area contributed by atoms with Gasteiger partial charge in [-0.2, -0.15) is 52.1 Å². The summed E-state index contributed by atoms with van der Waals surface area (Å²) in [6, 6.07) is 4.44. The van der Waals surface area contributed by atoms with Gasteiger partial charge in [-0.1, -0.05) is 0 Å². The first-order valence-electron chi connectivity index (χ1n) is 10.6. The molecule has 2 heterocycles. The van der Waals surface area contributed by atoms with Crippen LogP contribution in [0.2, 0.25) is 10.6 Å². The number of azo groups is 1. The maximum Gasteiger partial charge on any atom is 0.355 e. The number of aryl methyl sites for hydroxylation is 1. The SMILES string of the molecule is Cc1cc(S(=O)(=O)O)ccc1N1N=C(C(=O)O)C(N=Nc2cc(Nc3nc(Cl)nc(Cl)n3)ccc2S(=O)(=O)O)C1=O. The number of carboxylic acid groups (broad SMARTS) is 1. The van der Waals surface area contributed by atoms with Gasteiger partial charge in [0.15, 0.2) is 5.71 Å². The van der Waals surface area contributed by atoms with E-state index >= 15 is 0 Å². The third kappa shape index (κ3) is 6.61. The standard InChI is InChI=1S/C20H14Cl2N8O9S2/c1-8-6-10(40(34,35)36)3-4-12(8)30-16(31)14(15(29-30)17(32)33)28-27-11-7-9(2-5-13(11)41(37,38)39)23-20-25-18(21)24-19(22)26-20/h2-7,14H,1H3,(H,32,33)(H,34,35,36)(H,37,38,39)(H,23,24,25,26). The van der Waals surface area contributed by atoms with Gasteiger partial charge in [-0.25, -0.2) is 4.79 Å². The van der Waals surface area contributed by atoms with E-state index < -0.39 is 59.3 Å². The van der Waals surface area contributed by atoms with Crippen LogP contribution in [0.1, 0.15) is 5.56 Å². The molecule has 1 aliphatic rings. The molecule has 2 aromatic carbocycles. The lowest BCUT2D eigenvalue weighted by Gasteiger charge is -2.15. The zero-order valence-corrected chi connectivity index (χ0v) is 23.2. The van der Waals surface area contributed by atoms with E-state index in [1.54, 1.807) is 0 Å². The van der Waals surface area contributed by atoms with Gasteiger partial charge in [0.05, 0.1) is 10.6 Å². The number of aromatic nitrogens is 3. The van der Waals surface area contributed by atoms with Crippen LogP contribution < -0.4 is 10.3 Å². The Morgan fingerprint density at radius 3 is 2.22 bits per heavy atom. The minimum atomic E-state index is -4.88. The monoisotopic (exact) mass is 644 g/mol. The number of anilines is 3. The lowest BCUT2D eigenvalue weighted by atomic mass is 10.1. The van der Waals surface area contributed by atoms with Gasteiger partial charge in [0, 0.05) is 5.69 Å². The van der Waals surface area contributed by atoms with Crippen molar-refractivity contribution in [2.24, 2.45) is 15.3 Å². The van der Waals surface area contributed by atoms with Crippen molar-refractivity contribution >= 4 is 84.0 Å². The topological polar surface area (TPSA) is 254 Å². The minimum Gasteiger partial charge on any atom is -0.477 e. The van der Waals surface area contributed by atoms with E-state index in [0.29, 0.717) is 5.01 Å². The average Bonchev–Trinajstić information content (AvgIpc) is 3.17. The van der Waals surface area contributed by atoms with E-state index in [1.165, 1.54) is 13.0 Å². The van der Waals surface area contributed by atoms with Crippen LogP contribution in [0.25, 0.3) is 0 Å². The molecular formula is C20H14Cl2N8O9S2. The fourth-order valence-electron chi connectivity index (χ4n) is 3.43. The average molecular weight is 645 g/mol. The Balaban J connectivity index is 1.71. The highest BCUT2D eigenvalue weighted by Gasteiger charge is 2.41. The largest absolute Gasteiger partial charge is 0.477 e. The molecule has 3 aromatic rings. The number of benzene rings is 2. The molecular weight excluding hydrogens is 631 g/mol. The van der Waals surface area contributed by atoms with Gasteiger partial charge >= 0.3 is 5.97 Å². The molecule has 1 aromatic heterocycles. The first-order chi connectivity index (χ1) is 19.0. The van der Waals surface area contributed by atoms with Crippen molar-refractivity contribution in [1.82, 2.24) is 15.0 Å². The first-order valence-corrected chi connectivity index (χ1v) is 14.3. The Kier molecular flexibility index (Phi) is 8.02. The third-order valence-corrected chi connectivity index (χ3v) is 7.27. The molecule has 41 heavy (non-hydrogen) atoms. The number of carbonyl (C=O) groups excluding carboxylic acids is 1. The fraction of sp³-hybridized carbons (Fsp3) is 0.100. The van der Waals surface area contributed by atoms with Gasteiger partial charge in [-0.05, 0) is 72.1 Å². The van der Waals surface area contributed by atoms with Crippen LogP contribution in [-0.4, -0.2) is 69.6 Å². The molecule has 4 rings (SSSR count). The molecule has 0 saturated carbocycles. The highest BCUT2D eigenvalue weighted by Crippen LogP contribution is 2.32. The molecule has 4 N–H and O–H groups in total. The van der Waals surface area contributed by atoms with E-state index in [1.807, 2.05) is 0 Å². The van der Waals surface area contributed by atoms with E-state index in [2.05, 4.69) is 35.6 Å². The van der Waals surface area contributed by atoms with E-state index in [-0.39, 0.29) is 33.5 Å². The molecule has 214 valence electrons. The number of nitrogens with zero attached hydrogens (tertiary/aromatic N) is 7. The normalized spacial score (nSPS) is 15.8. The van der Waals surface area contributed by atoms with Crippen molar-refractivity contribution in [3.8, 4) is 0 Å². The van der Waals surface area contributed by atoms with Crippen LogP contribution in [-0.2, 0) is 29.8 Å². The number of hydrogen-bond acceptors (Lipinski definition) is 13. The van der Waals surface area contributed by atoms with Crippen LogP contribution >= 0.6 is 23.2 Å². The summed E-state index contributed by atoms with van der Waals surface area (Å²) in [6.07, 6.45) is 0. The van der Waals surface area contributed by atoms with Crippen LogP contribution in [0, 0.1) is 6.92 Å². The van der Waals surface area contributed by atoms with Gasteiger partial charge in [-0.3, -0.25) is 13.9 Å². The number of rotatable bonds is 8. The van der Waals surface area contributed by atoms with Crippen molar-refractivity contribution in [2.75, 3.05) is 10.3 Å². The van der Waals surface area contributed by atoms with Crippen molar-refractivity contribution in [2.45, 2.75) is 22.8 Å². The molecule has 1 amide bonds. The van der Waals surface area contributed by atoms with Crippen molar-refractivity contribution < 1.29 is 40.6 Å². The Morgan fingerprint density at radius 2 is 1.66 bits per heavy atom. The van der Waals surface area contributed by atoms with E-state index in [9.17, 15) is 40.6 Å². The maximum atomic E-state index is 13.1. The van der Waals surface area contributed by atoms with Gasteiger partial charge in [0.2, 0.25) is 22.6 Å². The summed E-state index contributed by atoms with van der Waals surface area (Å²) in [5.41, 5.74) is -1.13. The predicted octanol–water partition coefficient (Wildman–Crippen LogP) is 2.66. The predicted molar refractivity (Wildman–Crippen MR) is 141 cm³/mol. The van der Waals surface area contributed by atoms with Gasteiger partial charge < -0.3 is 10.4 Å². The Labute approximate surface area is 240 Å². The highest BCUT2D eigenvalue weighted by molar-refractivity contribution is 7.86.